The normalized spacial score (nSPS) is 28.9. The van der Waals surface area contributed by atoms with Crippen molar-refractivity contribution in [3.8, 4) is 0 Å². The second-order valence-electron chi connectivity index (χ2n) is 5.57. The van der Waals surface area contributed by atoms with Gasteiger partial charge < -0.3 is 15.1 Å². The van der Waals surface area contributed by atoms with Gasteiger partial charge in [-0.2, -0.15) is 0 Å². The average molecular weight is 239 g/mol. The number of carbonyl (C=O) groups excluding carboxylic acids is 1. The molecule has 0 aromatic heterocycles. The van der Waals surface area contributed by atoms with E-state index in [2.05, 4.69) is 29.2 Å². The van der Waals surface area contributed by atoms with Gasteiger partial charge in [0.05, 0.1) is 0 Å². The molecule has 2 aliphatic heterocycles. The van der Waals surface area contributed by atoms with Gasteiger partial charge in [0.1, 0.15) is 0 Å². The van der Waals surface area contributed by atoms with Crippen molar-refractivity contribution in [1.82, 2.24) is 15.1 Å². The molecule has 2 atom stereocenters. The first kappa shape index (κ1) is 12.8. The first-order chi connectivity index (χ1) is 8.18. The van der Waals surface area contributed by atoms with Crippen molar-refractivity contribution < 1.29 is 4.79 Å². The molecule has 0 bridgehead atoms. The van der Waals surface area contributed by atoms with E-state index in [4.69, 9.17) is 0 Å². The van der Waals surface area contributed by atoms with Crippen LogP contribution in [0.5, 0.6) is 0 Å². The van der Waals surface area contributed by atoms with Crippen molar-refractivity contribution in [1.29, 1.82) is 0 Å². The van der Waals surface area contributed by atoms with Crippen LogP contribution < -0.4 is 5.32 Å². The van der Waals surface area contributed by atoms with Gasteiger partial charge in [-0.1, -0.05) is 0 Å². The zero-order valence-corrected chi connectivity index (χ0v) is 11.1. The summed E-state index contributed by atoms with van der Waals surface area (Å²) in [5.41, 5.74) is 0. The van der Waals surface area contributed by atoms with E-state index in [9.17, 15) is 4.79 Å². The predicted molar refractivity (Wildman–Crippen MR) is 68.9 cm³/mol. The molecule has 2 fully saturated rings. The zero-order valence-electron chi connectivity index (χ0n) is 11.1. The highest BCUT2D eigenvalue weighted by atomic mass is 16.2. The molecule has 1 amide bonds. The Morgan fingerprint density at radius 1 is 1.41 bits per heavy atom. The number of rotatable bonds is 5. The Labute approximate surface area is 104 Å². The van der Waals surface area contributed by atoms with E-state index in [0.717, 1.165) is 26.1 Å². The molecule has 17 heavy (non-hydrogen) atoms. The van der Waals surface area contributed by atoms with Crippen molar-refractivity contribution in [3.05, 3.63) is 0 Å². The fourth-order valence-electron chi connectivity index (χ4n) is 3.02. The predicted octanol–water partition coefficient (Wildman–Crippen LogP) is 0.681. The maximum atomic E-state index is 11.8. The molecule has 2 heterocycles. The molecule has 2 unspecified atom stereocenters. The number of nitrogens with one attached hydrogen (secondary N) is 1. The summed E-state index contributed by atoms with van der Waals surface area (Å²) in [7, 11) is 4.20. The van der Waals surface area contributed by atoms with Gasteiger partial charge in [-0.3, -0.25) is 4.79 Å². The molecule has 2 rings (SSSR count). The molecular weight excluding hydrogens is 214 g/mol. The first-order valence-corrected chi connectivity index (χ1v) is 6.86. The van der Waals surface area contributed by atoms with Crippen LogP contribution in [0.4, 0.5) is 0 Å². The third kappa shape index (κ3) is 3.19. The van der Waals surface area contributed by atoms with Crippen LogP contribution in [-0.4, -0.2) is 61.5 Å². The maximum Gasteiger partial charge on any atom is 0.224 e. The average Bonchev–Trinajstić information content (AvgIpc) is 2.63. The van der Waals surface area contributed by atoms with Crippen LogP contribution in [0.15, 0.2) is 0 Å². The Bertz CT molecular complexity index is 267. The Balaban J connectivity index is 1.75. The molecule has 2 aliphatic rings. The lowest BCUT2D eigenvalue weighted by Crippen LogP contribution is -2.45. The van der Waals surface area contributed by atoms with Crippen LogP contribution in [0.25, 0.3) is 0 Å². The van der Waals surface area contributed by atoms with Crippen molar-refractivity contribution in [2.24, 2.45) is 0 Å². The van der Waals surface area contributed by atoms with Crippen molar-refractivity contribution in [2.45, 2.75) is 44.2 Å². The molecule has 0 radical (unpaired) electrons. The zero-order chi connectivity index (χ0) is 12.3. The molecule has 98 valence electrons. The fraction of sp³-hybridized carbons (Fsp3) is 0.923. The van der Waals surface area contributed by atoms with Gasteiger partial charge in [0.15, 0.2) is 0 Å². The Hall–Kier alpha value is -0.610. The fourth-order valence-corrected chi connectivity index (χ4v) is 3.02. The highest BCUT2D eigenvalue weighted by molar-refractivity contribution is 5.80. The molecule has 0 aromatic carbocycles. The second-order valence-corrected chi connectivity index (χ2v) is 5.57. The Morgan fingerprint density at radius 2 is 2.24 bits per heavy atom. The van der Waals surface area contributed by atoms with E-state index >= 15 is 0 Å². The van der Waals surface area contributed by atoms with E-state index in [0.29, 0.717) is 24.4 Å². The van der Waals surface area contributed by atoms with Crippen molar-refractivity contribution >= 4 is 5.91 Å². The van der Waals surface area contributed by atoms with Crippen molar-refractivity contribution in [3.63, 3.8) is 0 Å². The van der Waals surface area contributed by atoms with Crippen LogP contribution >= 0.6 is 0 Å². The number of piperidine rings is 1. The quantitative estimate of drug-likeness (QED) is 0.717. The highest BCUT2D eigenvalue weighted by Crippen LogP contribution is 2.28. The molecule has 2 saturated heterocycles. The lowest BCUT2D eigenvalue weighted by molar-refractivity contribution is -0.129. The van der Waals surface area contributed by atoms with Crippen LogP contribution in [0.3, 0.4) is 0 Å². The van der Waals surface area contributed by atoms with E-state index < -0.39 is 0 Å². The van der Waals surface area contributed by atoms with Crippen molar-refractivity contribution in [2.75, 3.05) is 33.7 Å². The van der Waals surface area contributed by atoms with E-state index in [1.807, 2.05) is 0 Å². The molecular formula is C13H25N3O. The summed E-state index contributed by atoms with van der Waals surface area (Å²) in [6.45, 7) is 3.13. The Morgan fingerprint density at radius 3 is 3.00 bits per heavy atom. The molecule has 4 heteroatoms. The minimum Gasteiger partial charge on any atom is -0.338 e. The van der Waals surface area contributed by atoms with E-state index in [1.165, 1.54) is 19.3 Å². The van der Waals surface area contributed by atoms with Crippen LogP contribution in [0.1, 0.15) is 32.1 Å². The van der Waals surface area contributed by atoms with Gasteiger partial charge in [-0.15, -0.1) is 0 Å². The van der Waals surface area contributed by atoms with Crippen LogP contribution in [0.2, 0.25) is 0 Å². The molecule has 0 aromatic rings. The van der Waals surface area contributed by atoms with E-state index in [1.54, 1.807) is 0 Å². The largest absolute Gasteiger partial charge is 0.338 e. The van der Waals surface area contributed by atoms with Gasteiger partial charge in [-0.25, -0.2) is 0 Å². The van der Waals surface area contributed by atoms with Gasteiger partial charge in [0, 0.05) is 25.0 Å². The third-order valence-corrected chi connectivity index (χ3v) is 3.92. The maximum absolute atomic E-state index is 11.8. The molecule has 4 nitrogen and oxygen atoms in total. The minimum atomic E-state index is 0.361. The first-order valence-electron chi connectivity index (χ1n) is 6.86. The number of hydrogen-bond acceptors (Lipinski definition) is 3. The Kier molecular flexibility index (Phi) is 4.40. The lowest BCUT2D eigenvalue weighted by Gasteiger charge is -2.32. The van der Waals surface area contributed by atoms with Crippen LogP contribution in [0, 0.1) is 0 Å². The molecule has 0 saturated carbocycles. The summed E-state index contributed by atoms with van der Waals surface area (Å²) in [4.78, 5) is 16.1. The van der Waals surface area contributed by atoms with Crippen LogP contribution in [-0.2, 0) is 4.79 Å². The summed E-state index contributed by atoms with van der Waals surface area (Å²) in [5, 5.41) is 3.58. The van der Waals surface area contributed by atoms with Gasteiger partial charge in [-0.05, 0) is 52.9 Å². The van der Waals surface area contributed by atoms with Gasteiger partial charge >= 0.3 is 0 Å². The third-order valence-electron chi connectivity index (χ3n) is 3.92. The number of fused-ring (bicyclic) bond motifs is 1. The molecule has 0 aliphatic carbocycles. The minimum absolute atomic E-state index is 0.361. The monoisotopic (exact) mass is 239 g/mol. The summed E-state index contributed by atoms with van der Waals surface area (Å²) in [5.74, 6) is 0.361. The summed E-state index contributed by atoms with van der Waals surface area (Å²) in [6.07, 6.45) is 5.54. The highest BCUT2D eigenvalue weighted by Gasteiger charge is 2.40. The molecule has 0 spiro atoms. The lowest BCUT2D eigenvalue weighted by atomic mass is 9.99. The number of nitrogens with zero attached hydrogens (tertiary/aromatic N) is 2. The smallest absolute Gasteiger partial charge is 0.224 e. The van der Waals surface area contributed by atoms with Gasteiger partial charge in [0.25, 0.3) is 0 Å². The van der Waals surface area contributed by atoms with Gasteiger partial charge in [0.2, 0.25) is 5.91 Å². The number of amides is 1. The SMILES string of the molecule is CN(C)CCCNC1CC(=O)N2CCCCC12. The van der Waals surface area contributed by atoms with E-state index in [-0.39, 0.29) is 0 Å². The summed E-state index contributed by atoms with van der Waals surface area (Å²) < 4.78 is 0. The topological polar surface area (TPSA) is 35.6 Å². The number of carbonyl (C=O) groups is 1. The summed E-state index contributed by atoms with van der Waals surface area (Å²) in [6, 6.07) is 0.889. The second kappa shape index (κ2) is 5.83. The standard InChI is InChI=1S/C13H25N3O/c1-15(2)8-5-7-14-11-10-13(17)16-9-4-3-6-12(11)16/h11-12,14H,3-10H2,1-2H3. The number of hydrogen-bond donors (Lipinski definition) is 1. The molecule has 1 N–H and O–H groups in total. The summed E-state index contributed by atoms with van der Waals surface area (Å²) >= 11 is 0.